The number of carbonyl (C=O) groups is 1. The van der Waals surface area contributed by atoms with Crippen molar-refractivity contribution in [1.82, 2.24) is 4.90 Å². The van der Waals surface area contributed by atoms with Crippen molar-refractivity contribution in [3.63, 3.8) is 0 Å². The lowest BCUT2D eigenvalue weighted by molar-refractivity contribution is 0.180. The Morgan fingerprint density at radius 1 is 1.08 bits per heavy atom. The summed E-state index contributed by atoms with van der Waals surface area (Å²) in [6.07, 6.45) is 0. The minimum Gasteiger partial charge on any atom is -0.315 e. The van der Waals surface area contributed by atoms with Crippen LogP contribution in [0.25, 0.3) is 10.4 Å². The van der Waals surface area contributed by atoms with Gasteiger partial charge in [-0.3, -0.25) is 4.90 Å². The first-order valence-corrected chi connectivity index (χ1v) is 8.83. The molecule has 6 nitrogen and oxygen atoms in total. The molecule has 0 N–H and O–H groups in total. The van der Waals surface area contributed by atoms with Gasteiger partial charge in [0.15, 0.2) is 0 Å². The smallest absolute Gasteiger partial charge is 0.315 e. The standard InChI is InChI=1S/C20H23N5O/c1-15(2)19-18(13-22-23-21)25(17-11-7-4-8-12-17)20(26)24(19)14-16-9-5-3-6-10-16/h3-12,15,18-19H,13-14H2,1-2H3/t18-,19-/m0/s1. The van der Waals surface area contributed by atoms with Crippen LogP contribution in [0, 0.1) is 5.92 Å². The molecule has 0 bridgehead atoms. The van der Waals surface area contributed by atoms with Crippen molar-refractivity contribution in [3.8, 4) is 0 Å². The Kier molecular flexibility index (Phi) is 5.44. The molecule has 1 fully saturated rings. The summed E-state index contributed by atoms with van der Waals surface area (Å²) in [7, 11) is 0. The minimum absolute atomic E-state index is 0.0339. The third-order valence-corrected chi connectivity index (χ3v) is 4.78. The van der Waals surface area contributed by atoms with Gasteiger partial charge in [0.1, 0.15) is 0 Å². The van der Waals surface area contributed by atoms with Crippen LogP contribution < -0.4 is 4.90 Å². The molecule has 0 aliphatic carbocycles. The van der Waals surface area contributed by atoms with Gasteiger partial charge in [0.25, 0.3) is 0 Å². The molecule has 1 aliphatic heterocycles. The van der Waals surface area contributed by atoms with E-state index in [0.717, 1.165) is 11.3 Å². The molecule has 2 atom stereocenters. The molecular formula is C20H23N5O. The number of urea groups is 1. The molecule has 0 spiro atoms. The summed E-state index contributed by atoms with van der Waals surface area (Å²) in [6, 6.07) is 19.3. The van der Waals surface area contributed by atoms with Gasteiger partial charge < -0.3 is 4.90 Å². The lowest BCUT2D eigenvalue weighted by atomic mass is 9.95. The largest absolute Gasteiger partial charge is 0.325 e. The first-order chi connectivity index (χ1) is 12.6. The van der Waals surface area contributed by atoms with E-state index >= 15 is 0 Å². The molecule has 0 aromatic heterocycles. The fourth-order valence-corrected chi connectivity index (χ4v) is 3.73. The van der Waals surface area contributed by atoms with Crippen LogP contribution in [0.2, 0.25) is 0 Å². The molecule has 1 aliphatic rings. The Morgan fingerprint density at radius 2 is 1.69 bits per heavy atom. The SMILES string of the molecule is CC(C)[C@H]1[C@H](CN=[N+]=[N-])N(c2ccccc2)C(=O)N1Cc1ccccc1. The number of amides is 2. The topological polar surface area (TPSA) is 72.3 Å². The highest BCUT2D eigenvalue weighted by atomic mass is 16.2. The lowest BCUT2D eigenvalue weighted by Crippen LogP contribution is -2.43. The molecule has 26 heavy (non-hydrogen) atoms. The second-order valence-electron chi connectivity index (χ2n) is 6.82. The maximum Gasteiger partial charge on any atom is 0.325 e. The van der Waals surface area contributed by atoms with E-state index in [2.05, 4.69) is 23.9 Å². The summed E-state index contributed by atoms with van der Waals surface area (Å²) >= 11 is 0. The lowest BCUT2D eigenvalue weighted by Gasteiger charge is -2.30. The van der Waals surface area contributed by atoms with Crippen LogP contribution in [-0.2, 0) is 6.54 Å². The predicted molar refractivity (Wildman–Crippen MR) is 103 cm³/mol. The highest BCUT2D eigenvalue weighted by Gasteiger charge is 2.47. The van der Waals surface area contributed by atoms with Crippen molar-refractivity contribution in [3.05, 3.63) is 76.7 Å². The molecule has 0 radical (unpaired) electrons. The maximum absolute atomic E-state index is 13.3. The summed E-state index contributed by atoms with van der Waals surface area (Å²) in [4.78, 5) is 19.9. The number of anilines is 1. The van der Waals surface area contributed by atoms with Crippen LogP contribution in [0.3, 0.4) is 0 Å². The second-order valence-corrected chi connectivity index (χ2v) is 6.82. The van der Waals surface area contributed by atoms with E-state index in [9.17, 15) is 4.79 Å². The van der Waals surface area contributed by atoms with Gasteiger partial charge in [-0.05, 0) is 29.1 Å². The quantitative estimate of drug-likeness (QED) is 0.418. The molecule has 6 heteroatoms. The summed E-state index contributed by atoms with van der Waals surface area (Å²) in [6.45, 7) is 5.00. The van der Waals surface area contributed by atoms with E-state index in [0.29, 0.717) is 6.54 Å². The molecule has 1 heterocycles. The van der Waals surface area contributed by atoms with E-state index in [4.69, 9.17) is 5.53 Å². The van der Waals surface area contributed by atoms with Gasteiger partial charge in [0.05, 0.1) is 12.1 Å². The Balaban J connectivity index is 2.00. The number of para-hydroxylation sites is 1. The van der Waals surface area contributed by atoms with Gasteiger partial charge in [-0.15, -0.1) is 0 Å². The Morgan fingerprint density at radius 3 is 2.27 bits per heavy atom. The molecule has 2 amide bonds. The highest BCUT2D eigenvalue weighted by Crippen LogP contribution is 2.34. The van der Waals surface area contributed by atoms with Crippen LogP contribution in [0.4, 0.5) is 10.5 Å². The van der Waals surface area contributed by atoms with Gasteiger partial charge in [-0.25, -0.2) is 4.79 Å². The van der Waals surface area contributed by atoms with Crippen molar-refractivity contribution < 1.29 is 4.79 Å². The first-order valence-electron chi connectivity index (χ1n) is 8.83. The van der Waals surface area contributed by atoms with Crippen molar-refractivity contribution in [2.45, 2.75) is 32.5 Å². The number of hydrogen-bond acceptors (Lipinski definition) is 2. The molecule has 2 aromatic rings. The third kappa shape index (κ3) is 3.51. The van der Waals surface area contributed by atoms with E-state index in [1.807, 2.05) is 65.6 Å². The van der Waals surface area contributed by atoms with Crippen molar-refractivity contribution >= 4 is 11.7 Å². The number of hydrogen-bond donors (Lipinski definition) is 0. The van der Waals surface area contributed by atoms with E-state index in [1.165, 1.54) is 0 Å². The third-order valence-electron chi connectivity index (χ3n) is 4.78. The first kappa shape index (κ1) is 17.8. The van der Waals surface area contributed by atoms with Crippen LogP contribution >= 0.6 is 0 Å². The maximum atomic E-state index is 13.3. The minimum atomic E-state index is -0.190. The predicted octanol–water partition coefficient (Wildman–Crippen LogP) is 4.83. The molecule has 2 aromatic carbocycles. The number of benzene rings is 2. The van der Waals surface area contributed by atoms with Crippen molar-refractivity contribution in [2.24, 2.45) is 11.0 Å². The Labute approximate surface area is 153 Å². The number of nitrogens with zero attached hydrogens (tertiary/aromatic N) is 5. The average molecular weight is 349 g/mol. The fraction of sp³-hybridized carbons (Fsp3) is 0.350. The van der Waals surface area contributed by atoms with Crippen LogP contribution in [0.5, 0.6) is 0 Å². The zero-order valence-electron chi connectivity index (χ0n) is 15.1. The molecular weight excluding hydrogens is 326 g/mol. The molecule has 3 rings (SSSR count). The zero-order chi connectivity index (χ0) is 18.5. The fourth-order valence-electron chi connectivity index (χ4n) is 3.73. The van der Waals surface area contributed by atoms with Crippen LogP contribution in [0.1, 0.15) is 19.4 Å². The summed E-state index contributed by atoms with van der Waals surface area (Å²) in [5.41, 5.74) is 10.7. The van der Waals surface area contributed by atoms with Gasteiger partial charge in [0, 0.05) is 23.7 Å². The zero-order valence-corrected chi connectivity index (χ0v) is 15.1. The summed E-state index contributed by atoms with van der Waals surface area (Å²) < 4.78 is 0. The average Bonchev–Trinajstić information content (AvgIpc) is 2.93. The molecule has 0 saturated carbocycles. The van der Waals surface area contributed by atoms with E-state index in [-0.39, 0.29) is 30.6 Å². The van der Waals surface area contributed by atoms with Crippen LogP contribution in [-0.4, -0.2) is 29.6 Å². The summed E-state index contributed by atoms with van der Waals surface area (Å²) in [5, 5.41) is 3.80. The number of rotatable bonds is 6. The summed E-state index contributed by atoms with van der Waals surface area (Å²) in [5.74, 6) is 0.232. The van der Waals surface area contributed by atoms with Gasteiger partial charge in [-0.2, -0.15) is 0 Å². The number of carbonyl (C=O) groups excluding carboxylic acids is 1. The molecule has 0 unspecified atom stereocenters. The Hall–Kier alpha value is -2.98. The van der Waals surface area contributed by atoms with Crippen molar-refractivity contribution in [2.75, 3.05) is 11.4 Å². The molecule has 134 valence electrons. The van der Waals surface area contributed by atoms with E-state index in [1.54, 1.807) is 4.90 Å². The van der Waals surface area contributed by atoms with Crippen molar-refractivity contribution in [1.29, 1.82) is 0 Å². The number of azide groups is 1. The monoisotopic (exact) mass is 349 g/mol. The van der Waals surface area contributed by atoms with Gasteiger partial charge in [0.2, 0.25) is 0 Å². The van der Waals surface area contributed by atoms with Gasteiger partial charge in [-0.1, -0.05) is 67.5 Å². The second kappa shape index (κ2) is 7.93. The Bertz CT molecular complexity index is 786. The van der Waals surface area contributed by atoms with E-state index < -0.39 is 0 Å². The van der Waals surface area contributed by atoms with Gasteiger partial charge >= 0.3 is 6.03 Å². The normalized spacial score (nSPS) is 19.7. The van der Waals surface area contributed by atoms with Crippen LogP contribution in [0.15, 0.2) is 65.8 Å². The molecule has 1 saturated heterocycles. The highest BCUT2D eigenvalue weighted by molar-refractivity contribution is 5.95.